The SMILES string of the molecule is O=C(OC/C=C/Cc1ccccc1)c1ccccc1. The van der Waals surface area contributed by atoms with Crippen molar-refractivity contribution in [3.8, 4) is 0 Å². The van der Waals surface area contributed by atoms with Crippen LogP contribution in [0, 0.1) is 0 Å². The van der Waals surface area contributed by atoms with Crippen LogP contribution >= 0.6 is 0 Å². The number of hydrogen-bond donors (Lipinski definition) is 0. The Bertz CT molecular complexity index is 530. The van der Waals surface area contributed by atoms with E-state index >= 15 is 0 Å². The highest BCUT2D eigenvalue weighted by Crippen LogP contribution is 2.02. The average molecular weight is 252 g/mol. The van der Waals surface area contributed by atoms with Gasteiger partial charge in [0.2, 0.25) is 0 Å². The van der Waals surface area contributed by atoms with Gasteiger partial charge < -0.3 is 4.74 Å². The smallest absolute Gasteiger partial charge is 0.338 e. The van der Waals surface area contributed by atoms with Crippen molar-refractivity contribution in [2.24, 2.45) is 0 Å². The second kappa shape index (κ2) is 7.17. The molecule has 0 amide bonds. The van der Waals surface area contributed by atoms with Gasteiger partial charge >= 0.3 is 5.97 Å². The molecule has 0 saturated heterocycles. The number of allylic oxidation sites excluding steroid dienone is 1. The topological polar surface area (TPSA) is 26.3 Å². The van der Waals surface area contributed by atoms with Gasteiger partial charge in [-0.3, -0.25) is 0 Å². The van der Waals surface area contributed by atoms with Gasteiger partial charge in [0.15, 0.2) is 0 Å². The number of carbonyl (C=O) groups excluding carboxylic acids is 1. The molecule has 19 heavy (non-hydrogen) atoms. The highest BCUT2D eigenvalue weighted by atomic mass is 16.5. The Labute approximate surface area is 113 Å². The van der Waals surface area contributed by atoms with Crippen LogP contribution in [0.3, 0.4) is 0 Å². The van der Waals surface area contributed by atoms with Crippen molar-refractivity contribution in [1.82, 2.24) is 0 Å². The first-order chi connectivity index (χ1) is 9.36. The van der Waals surface area contributed by atoms with Crippen LogP contribution < -0.4 is 0 Å². The van der Waals surface area contributed by atoms with Crippen molar-refractivity contribution in [3.63, 3.8) is 0 Å². The zero-order valence-electron chi connectivity index (χ0n) is 10.7. The maximum absolute atomic E-state index is 11.6. The van der Waals surface area contributed by atoms with Crippen molar-refractivity contribution >= 4 is 5.97 Å². The molecular formula is C17H16O2. The van der Waals surface area contributed by atoms with Gasteiger partial charge in [-0.1, -0.05) is 60.7 Å². The maximum atomic E-state index is 11.6. The van der Waals surface area contributed by atoms with Crippen molar-refractivity contribution in [3.05, 3.63) is 83.9 Å². The monoisotopic (exact) mass is 252 g/mol. The van der Waals surface area contributed by atoms with E-state index in [1.807, 2.05) is 48.6 Å². The first-order valence-corrected chi connectivity index (χ1v) is 6.27. The van der Waals surface area contributed by atoms with Crippen LogP contribution in [0.25, 0.3) is 0 Å². The predicted octanol–water partition coefficient (Wildman–Crippen LogP) is 3.64. The molecule has 0 aliphatic rings. The highest BCUT2D eigenvalue weighted by molar-refractivity contribution is 5.89. The molecule has 0 spiro atoms. The number of benzene rings is 2. The summed E-state index contributed by atoms with van der Waals surface area (Å²) in [6.45, 7) is 0.306. The van der Waals surface area contributed by atoms with E-state index in [0.29, 0.717) is 12.2 Å². The average Bonchev–Trinajstić information content (AvgIpc) is 2.49. The van der Waals surface area contributed by atoms with Gasteiger partial charge in [0.05, 0.1) is 5.56 Å². The molecule has 96 valence electrons. The fourth-order valence-electron chi connectivity index (χ4n) is 1.68. The Hall–Kier alpha value is -2.35. The lowest BCUT2D eigenvalue weighted by Crippen LogP contribution is -2.04. The number of rotatable bonds is 5. The number of carbonyl (C=O) groups is 1. The Morgan fingerprint density at radius 1 is 0.895 bits per heavy atom. The van der Waals surface area contributed by atoms with Crippen LogP contribution in [0.15, 0.2) is 72.8 Å². The van der Waals surface area contributed by atoms with E-state index in [-0.39, 0.29) is 5.97 Å². The van der Waals surface area contributed by atoms with E-state index in [2.05, 4.69) is 12.1 Å². The molecule has 0 aliphatic heterocycles. The predicted molar refractivity (Wildman–Crippen MR) is 76.0 cm³/mol. The Morgan fingerprint density at radius 3 is 2.21 bits per heavy atom. The number of esters is 1. The fourth-order valence-corrected chi connectivity index (χ4v) is 1.68. The van der Waals surface area contributed by atoms with E-state index in [9.17, 15) is 4.79 Å². The standard InChI is InChI=1S/C17H16O2/c18-17(16-12-5-2-6-13-16)19-14-8-7-11-15-9-3-1-4-10-15/h1-10,12-13H,11,14H2/b8-7+. The summed E-state index contributed by atoms with van der Waals surface area (Å²) in [5, 5.41) is 0. The molecule has 2 nitrogen and oxygen atoms in total. The zero-order chi connectivity index (χ0) is 13.3. The highest BCUT2D eigenvalue weighted by Gasteiger charge is 2.03. The van der Waals surface area contributed by atoms with E-state index in [0.717, 1.165) is 6.42 Å². The summed E-state index contributed by atoms with van der Waals surface area (Å²) >= 11 is 0. The summed E-state index contributed by atoms with van der Waals surface area (Å²) in [6, 6.07) is 19.2. The molecule has 2 aromatic carbocycles. The van der Waals surface area contributed by atoms with Gasteiger partial charge in [-0.25, -0.2) is 4.79 Å². The van der Waals surface area contributed by atoms with Gasteiger partial charge in [-0.05, 0) is 24.1 Å². The van der Waals surface area contributed by atoms with Gasteiger partial charge in [-0.15, -0.1) is 0 Å². The first-order valence-electron chi connectivity index (χ1n) is 6.27. The molecule has 2 rings (SSSR count). The zero-order valence-corrected chi connectivity index (χ0v) is 10.7. The summed E-state index contributed by atoms with van der Waals surface area (Å²) in [6.07, 6.45) is 4.73. The molecule has 0 fully saturated rings. The fraction of sp³-hybridized carbons (Fsp3) is 0.118. The largest absolute Gasteiger partial charge is 0.458 e. The summed E-state index contributed by atoms with van der Waals surface area (Å²) in [7, 11) is 0. The minimum Gasteiger partial charge on any atom is -0.458 e. The molecule has 0 unspecified atom stereocenters. The second-order valence-electron chi connectivity index (χ2n) is 4.13. The normalized spacial score (nSPS) is 10.5. The van der Waals surface area contributed by atoms with E-state index in [4.69, 9.17) is 4.74 Å². The minimum absolute atomic E-state index is 0.287. The summed E-state index contributed by atoms with van der Waals surface area (Å²) < 4.78 is 5.14. The van der Waals surface area contributed by atoms with Crippen LogP contribution in [0.5, 0.6) is 0 Å². The Balaban J connectivity index is 1.73. The Morgan fingerprint density at radius 2 is 1.53 bits per heavy atom. The third-order valence-electron chi connectivity index (χ3n) is 2.68. The quantitative estimate of drug-likeness (QED) is 0.600. The summed E-state index contributed by atoms with van der Waals surface area (Å²) in [5.74, 6) is -0.287. The van der Waals surface area contributed by atoms with Gasteiger partial charge in [0.25, 0.3) is 0 Å². The number of ether oxygens (including phenoxy) is 1. The molecule has 2 aromatic rings. The van der Waals surface area contributed by atoms with E-state index in [1.54, 1.807) is 12.1 Å². The summed E-state index contributed by atoms with van der Waals surface area (Å²) in [5.41, 5.74) is 1.83. The van der Waals surface area contributed by atoms with Crippen molar-refractivity contribution in [1.29, 1.82) is 0 Å². The molecule has 0 aromatic heterocycles. The van der Waals surface area contributed by atoms with Crippen molar-refractivity contribution < 1.29 is 9.53 Å². The van der Waals surface area contributed by atoms with Crippen LogP contribution in [0.2, 0.25) is 0 Å². The summed E-state index contributed by atoms with van der Waals surface area (Å²) in [4.78, 5) is 11.6. The van der Waals surface area contributed by atoms with E-state index in [1.165, 1.54) is 5.56 Å². The molecule has 0 saturated carbocycles. The van der Waals surface area contributed by atoms with Gasteiger partial charge in [0, 0.05) is 0 Å². The molecular weight excluding hydrogens is 236 g/mol. The van der Waals surface area contributed by atoms with Crippen molar-refractivity contribution in [2.45, 2.75) is 6.42 Å². The third-order valence-corrected chi connectivity index (χ3v) is 2.68. The van der Waals surface area contributed by atoms with Crippen LogP contribution in [-0.2, 0) is 11.2 Å². The molecule has 0 atom stereocenters. The second-order valence-corrected chi connectivity index (χ2v) is 4.13. The van der Waals surface area contributed by atoms with Crippen LogP contribution in [0.4, 0.5) is 0 Å². The van der Waals surface area contributed by atoms with Crippen LogP contribution in [0.1, 0.15) is 15.9 Å². The van der Waals surface area contributed by atoms with Gasteiger partial charge in [0.1, 0.15) is 6.61 Å². The molecule has 0 N–H and O–H groups in total. The molecule has 0 bridgehead atoms. The van der Waals surface area contributed by atoms with E-state index < -0.39 is 0 Å². The molecule has 0 aliphatic carbocycles. The lowest BCUT2D eigenvalue weighted by atomic mass is 10.1. The Kier molecular flexibility index (Phi) is 4.94. The molecule has 0 radical (unpaired) electrons. The number of hydrogen-bond acceptors (Lipinski definition) is 2. The minimum atomic E-state index is -0.287. The molecule has 2 heteroatoms. The lowest BCUT2D eigenvalue weighted by molar-refractivity contribution is 0.0549. The van der Waals surface area contributed by atoms with Gasteiger partial charge in [-0.2, -0.15) is 0 Å². The van der Waals surface area contributed by atoms with Crippen molar-refractivity contribution in [2.75, 3.05) is 6.61 Å². The third kappa shape index (κ3) is 4.43. The lowest BCUT2D eigenvalue weighted by Gasteiger charge is -2.01. The first kappa shape index (κ1) is 13.1. The van der Waals surface area contributed by atoms with Crippen LogP contribution in [-0.4, -0.2) is 12.6 Å². The maximum Gasteiger partial charge on any atom is 0.338 e. The molecule has 0 heterocycles.